The number of unbranched alkanes of at least 4 members (excludes halogenated alkanes) is 3. The second kappa shape index (κ2) is 8.31. The van der Waals surface area contributed by atoms with E-state index in [0.717, 1.165) is 22.6 Å². The molecule has 0 nitrogen and oxygen atoms in total. The molecular weight excluding hydrogens is 359 g/mol. The van der Waals surface area contributed by atoms with E-state index in [1.54, 1.807) is 12.1 Å². The molecule has 0 unspecified atom stereocenters. The predicted octanol–water partition coefficient (Wildman–Crippen LogP) is 5.82. The largest absolute Gasteiger partial charge is 0.207 e. The summed E-state index contributed by atoms with van der Waals surface area (Å²) in [6.07, 6.45) is 6.07. The van der Waals surface area contributed by atoms with Crippen molar-refractivity contribution in [3.8, 4) is 0 Å². The molecule has 0 spiro atoms. The molecule has 0 fully saturated rings. The molecule has 0 N–H and O–H groups in total. The molecule has 0 radical (unpaired) electrons. The molecule has 3 heteroatoms. The van der Waals surface area contributed by atoms with Crippen molar-refractivity contribution in [1.82, 2.24) is 0 Å². The number of hydrogen-bond donors (Lipinski definition) is 0. The van der Waals surface area contributed by atoms with Crippen molar-refractivity contribution in [1.29, 1.82) is 0 Å². The van der Waals surface area contributed by atoms with E-state index < -0.39 is 0 Å². The highest BCUT2D eigenvalue weighted by Crippen LogP contribution is 2.34. The molecule has 18 heavy (non-hydrogen) atoms. The summed E-state index contributed by atoms with van der Waals surface area (Å²) in [4.78, 5) is 0. The highest BCUT2D eigenvalue weighted by Gasteiger charge is 2.29. The van der Waals surface area contributed by atoms with Crippen molar-refractivity contribution < 1.29 is 4.39 Å². The molecular formula is C15H21Br2F. The third-order valence-corrected chi connectivity index (χ3v) is 5.60. The SMILES string of the molecule is CCCCCCC(CBr)(CBr)c1cccc(F)c1. The van der Waals surface area contributed by atoms with Gasteiger partial charge >= 0.3 is 0 Å². The third-order valence-electron chi connectivity index (χ3n) is 3.46. The summed E-state index contributed by atoms with van der Waals surface area (Å²) >= 11 is 7.22. The Morgan fingerprint density at radius 2 is 1.83 bits per heavy atom. The van der Waals surface area contributed by atoms with Gasteiger partial charge in [-0.2, -0.15) is 0 Å². The monoisotopic (exact) mass is 378 g/mol. The Morgan fingerprint density at radius 3 is 2.39 bits per heavy atom. The van der Waals surface area contributed by atoms with Gasteiger partial charge in [-0.15, -0.1) is 0 Å². The van der Waals surface area contributed by atoms with Crippen LogP contribution < -0.4 is 0 Å². The molecule has 102 valence electrons. The van der Waals surface area contributed by atoms with Gasteiger partial charge in [0.2, 0.25) is 0 Å². The first kappa shape index (κ1) is 16.2. The molecule has 0 aliphatic heterocycles. The van der Waals surface area contributed by atoms with E-state index in [9.17, 15) is 4.39 Å². The third kappa shape index (κ3) is 4.34. The van der Waals surface area contributed by atoms with Crippen LogP contribution in [0.4, 0.5) is 4.39 Å². The summed E-state index contributed by atoms with van der Waals surface area (Å²) in [6.45, 7) is 2.22. The Morgan fingerprint density at radius 1 is 1.11 bits per heavy atom. The van der Waals surface area contributed by atoms with E-state index in [-0.39, 0.29) is 11.2 Å². The van der Waals surface area contributed by atoms with Crippen LogP contribution >= 0.6 is 31.9 Å². The minimum atomic E-state index is -0.146. The summed E-state index contributed by atoms with van der Waals surface area (Å²) < 4.78 is 13.4. The van der Waals surface area contributed by atoms with Gasteiger partial charge in [-0.25, -0.2) is 4.39 Å². The smallest absolute Gasteiger partial charge is 0.123 e. The molecule has 0 bridgehead atoms. The maximum absolute atomic E-state index is 13.4. The second-order valence-corrected chi connectivity index (χ2v) is 5.99. The van der Waals surface area contributed by atoms with Crippen molar-refractivity contribution in [2.45, 2.75) is 44.4 Å². The van der Waals surface area contributed by atoms with Crippen LogP contribution in [0, 0.1) is 5.82 Å². The summed E-state index contributed by atoms with van der Waals surface area (Å²) in [5.41, 5.74) is 1.10. The van der Waals surface area contributed by atoms with E-state index in [1.807, 2.05) is 6.07 Å². The van der Waals surface area contributed by atoms with Crippen LogP contribution in [0.3, 0.4) is 0 Å². The normalized spacial score (nSPS) is 11.8. The standard InChI is InChI=1S/C15H21Br2F/c1-2-3-4-5-9-15(11-16,12-17)13-7-6-8-14(18)10-13/h6-8,10H,2-5,9,11-12H2,1H3. The Labute approximate surface area is 127 Å². The van der Waals surface area contributed by atoms with Crippen molar-refractivity contribution in [2.75, 3.05) is 10.7 Å². The number of alkyl halides is 2. The highest BCUT2D eigenvalue weighted by atomic mass is 79.9. The second-order valence-electron chi connectivity index (χ2n) is 4.87. The summed E-state index contributed by atoms with van der Waals surface area (Å²) in [6, 6.07) is 7.01. The van der Waals surface area contributed by atoms with Crippen molar-refractivity contribution in [3.05, 3.63) is 35.6 Å². The molecule has 0 heterocycles. The van der Waals surface area contributed by atoms with Gasteiger partial charge in [0.15, 0.2) is 0 Å². The van der Waals surface area contributed by atoms with Crippen molar-refractivity contribution >= 4 is 31.9 Å². The van der Waals surface area contributed by atoms with Crippen LogP contribution in [-0.4, -0.2) is 10.7 Å². The molecule has 1 rings (SSSR count). The van der Waals surface area contributed by atoms with Gasteiger partial charge in [-0.3, -0.25) is 0 Å². The molecule has 0 aliphatic rings. The molecule has 0 aromatic heterocycles. The summed E-state index contributed by atoms with van der Waals surface area (Å²) in [5, 5.41) is 1.72. The zero-order valence-electron chi connectivity index (χ0n) is 10.9. The number of rotatable bonds is 8. The molecule has 0 saturated carbocycles. The lowest BCUT2D eigenvalue weighted by atomic mass is 9.80. The van der Waals surface area contributed by atoms with Crippen LogP contribution in [0.1, 0.15) is 44.6 Å². The number of hydrogen-bond acceptors (Lipinski definition) is 0. The average molecular weight is 380 g/mol. The van der Waals surface area contributed by atoms with Crippen molar-refractivity contribution in [2.24, 2.45) is 0 Å². The Bertz CT molecular complexity index is 348. The Balaban J connectivity index is 2.79. The van der Waals surface area contributed by atoms with Crippen LogP contribution in [0.2, 0.25) is 0 Å². The predicted molar refractivity (Wildman–Crippen MR) is 84.4 cm³/mol. The van der Waals surface area contributed by atoms with Crippen molar-refractivity contribution in [3.63, 3.8) is 0 Å². The van der Waals surface area contributed by atoms with Gasteiger partial charge in [0.05, 0.1) is 0 Å². The maximum atomic E-state index is 13.4. The quantitative estimate of drug-likeness (QED) is 0.394. The van der Waals surface area contributed by atoms with E-state index in [4.69, 9.17) is 0 Å². The lowest BCUT2D eigenvalue weighted by Gasteiger charge is -2.31. The first-order valence-electron chi connectivity index (χ1n) is 6.56. The van der Waals surface area contributed by atoms with Crippen LogP contribution in [-0.2, 0) is 5.41 Å². The van der Waals surface area contributed by atoms with E-state index >= 15 is 0 Å². The van der Waals surface area contributed by atoms with Crippen LogP contribution in [0.15, 0.2) is 24.3 Å². The van der Waals surface area contributed by atoms with Gasteiger partial charge < -0.3 is 0 Å². The average Bonchev–Trinajstić information content (AvgIpc) is 2.40. The van der Waals surface area contributed by atoms with Gasteiger partial charge in [0.1, 0.15) is 5.82 Å². The fourth-order valence-electron chi connectivity index (χ4n) is 2.18. The summed E-state index contributed by atoms with van der Waals surface area (Å²) in [7, 11) is 0. The van der Waals surface area contributed by atoms with E-state index in [2.05, 4.69) is 38.8 Å². The van der Waals surface area contributed by atoms with Gasteiger partial charge in [-0.1, -0.05) is 76.6 Å². The zero-order valence-corrected chi connectivity index (χ0v) is 14.1. The number of benzene rings is 1. The first-order valence-corrected chi connectivity index (χ1v) is 8.81. The zero-order chi connectivity index (χ0) is 13.4. The lowest BCUT2D eigenvalue weighted by Crippen LogP contribution is -2.30. The van der Waals surface area contributed by atoms with Gasteiger partial charge in [-0.05, 0) is 24.1 Å². The van der Waals surface area contributed by atoms with E-state index in [1.165, 1.54) is 31.7 Å². The van der Waals surface area contributed by atoms with Crippen LogP contribution in [0.25, 0.3) is 0 Å². The fraction of sp³-hybridized carbons (Fsp3) is 0.600. The minimum Gasteiger partial charge on any atom is -0.207 e. The first-order chi connectivity index (χ1) is 8.68. The van der Waals surface area contributed by atoms with Gasteiger partial charge in [0.25, 0.3) is 0 Å². The number of halogens is 3. The maximum Gasteiger partial charge on any atom is 0.123 e. The van der Waals surface area contributed by atoms with Crippen LogP contribution in [0.5, 0.6) is 0 Å². The fourth-order valence-corrected chi connectivity index (χ4v) is 4.31. The topological polar surface area (TPSA) is 0 Å². The Hall–Kier alpha value is 0.110. The molecule has 0 aliphatic carbocycles. The molecule has 1 aromatic carbocycles. The molecule has 0 saturated heterocycles. The molecule has 0 atom stereocenters. The van der Waals surface area contributed by atoms with E-state index in [0.29, 0.717) is 0 Å². The lowest BCUT2D eigenvalue weighted by molar-refractivity contribution is 0.463. The highest BCUT2D eigenvalue weighted by molar-refractivity contribution is 9.09. The molecule has 0 amide bonds. The molecule has 1 aromatic rings. The van der Waals surface area contributed by atoms with Gasteiger partial charge in [0, 0.05) is 16.1 Å². The summed E-state index contributed by atoms with van der Waals surface area (Å²) in [5.74, 6) is -0.146. The minimum absolute atomic E-state index is 0.00976. The Kier molecular flexibility index (Phi) is 7.47.